The summed E-state index contributed by atoms with van der Waals surface area (Å²) in [6.45, 7) is 4.16. The molecule has 1 atom stereocenters. The Balaban J connectivity index is 2.35. The van der Waals surface area contributed by atoms with E-state index < -0.39 is 0 Å². The van der Waals surface area contributed by atoms with E-state index in [0.717, 1.165) is 16.4 Å². The van der Waals surface area contributed by atoms with E-state index in [-0.39, 0.29) is 6.04 Å². The van der Waals surface area contributed by atoms with Gasteiger partial charge in [-0.3, -0.25) is 4.98 Å². The molecule has 16 heavy (non-hydrogen) atoms. The van der Waals surface area contributed by atoms with Gasteiger partial charge in [0, 0.05) is 17.6 Å². The van der Waals surface area contributed by atoms with Gasteiger partial charge in [-0.15, -0.1) is 11.3 Å². The second kappa shape index (κ2) is 4.72. The molecule has 0 amide bonds. The average Bonchev–Trinajstić information content (AvgIpc) is 2.78. The smallest absolute Gasteiger partial charge is 0.142 e. The van der Waals surface area contributed by atoms with Crippen LogP contribution >= 0.6 is 11.3 Å². The molecule has 0 bridgehead atoms. The van der Waals surface area contributed by atoms with Crippen LogP contribution in [0.1, 0.15) is 24.2 Å². The van der Waals surface area contributed by atoms with E-state index in [1.54, 1.807) is 11.3 Å². The zero-order valence-corrected chi connectivity index (χ0v) is 10.5. The lowest BCUT2D eigenvalue weighted by Gasteiger charge is -2.05. The molecule has 4 heteroatoms. The normalized spacial score (nSPS) is 12.7. The molecule has 2 heterocycles. The van der Waals surface area contributed by atoms with Gasteiger partial charge in [-0.2, -0.15) is 0 Å². The zero-order valence-electron chi connectivity index (χ0n) is 9.69. The van der Waals surface area contributed by atoms with Gasteiger partial charge >= 0.3 is 0 Å². The van der Waals surface area contributed by atoms with Gasteiger partial charge in [-0.05, 0) is 32.5 Å². The van der Waals surface area contributed by atoms with Crippen LogP contribution in [0.4, 0.5) is 0 Å². The Kier molecular flexibility index (Phi) is 3.31. The van der Waals surface area contributed by atoms with Gasteiger partial charge in [-0.25, -0.2) is 4.98 Å². The van der Waals surface area contributed by atoms with Crippen molar-refractivity contribution in [3.05, 3.63) is 35.0 Å². The maximum absolute atomic E-state index is 4.61. The summed E-state index contributed by atoms with van der Waals surface area (Å²) in [7, 11) is 1.94. The summed E-state index contributed by atoms with van der Waals surface area (Å²) in [5.41, 5.74) is 3.23. The largest absolute Gasteiger partial charge is 0.312 e. The summed E-state index contributed by atoms with van der Waals surface area (Å²) < 4.78 is 0. The zero-order chi connectivity index (χ0) is 11.5. The van der Waals surface area contributed by atoms with Gasteiger partial charge in [0.05, 0.1) is 5.69 Å². The first kappa shape index (κ1) is 11.2. The minimum Gasteiger partial charge on any atom is -0.312 e. The van der Waals surface area contributed by atoms with Crippen LogP contribution < -0.4 is 5.32 Å². The minimum atomic E-state index is 0.286. The number of nitrogens with zero attached hydrogens (tertiary/aromatic N) is 2. The van der Waals surface area contributed by atoms with Crippen molar-refractivity contribution in [3.8, 4) is 10.7 Å². The number of hydrogen-bond donors (Lipinski definition) is 1. The molecule has 1 N–H and O–H groups in total. The SMILES string of the molecule is CNC(C)c1csc(-c2ncccc2C)n1. The van der Waals surface area contributed by atoms with E-state index in [4.69, 9.17) is 0 Å². The van der Waals surface area contributed by atoms with Crippen molar-refractivity contribution in [2.24, 2.45) is 0 Å². The molecule has 0 aliphatic rings. The highest BCUT2D eigenvalue weighted by Crippen LogP contribution is 2.26. The van der Waals surface area contributed by atoms with E-state index in [2.05, 4.69) is 40.6 Å². The number of aromatic nitrogens is 2. The van der Waals surface area contributed by atoms with Crippen LogP contribution in [0, 0.1) is 6.92 Å². The fourth-order valence-electron chi connectivity index (χ4n) is 1.45. The van der Waals surface area contributed by atoms with E-state index in [0.29, 0.717) is 0 Å². The Bertz CT molecular complexity index is 479. The Labute approximate surface area is 99.6 Å². The molecule has 84 valence electrons. The molecule has 1 unspecified atom stereocenters. The summed E-state index contributed by atoms with van der Waals surface area (Å²) in [5.74, 6) is 0. The topological polar surface area (TPSA) is 37.8 Å². The highest BCUT2D eigenvalue weighted by Gasteiger charge is 2.11. The van der Waals surface area contributed by atoms with Gasteiger partial charge < -0.3 is 5.32 Å². The Hall–Kier alpha value is -1.26. The van der Waals surface area contributed by atoms with Gasteiger partial charge in [0.1, 0.15) is 10.7 Å². The first-order valence-electron chi connectivity index (χ1n) is 5.27. The average molecular weight is 233 g/mol. The Morgan fingerprint density at radius 3 is 2.94 bits per heavy atom. The third-order valence-electron chi connectivity index (χ3n) is 2.61. The van der Waals surface area contributed by atoms with Crippen molar-refractivity contribution in [1.29, 1.82) is 0 Å². The van der Waals surface area contributed by atoms with Crippen LogP contribution in [-0.2, 0) is 0 Å². The van der Waals surface area contributed by atoms with Crippen LogP contribution in [-0.4, -0.2) is 17.0 Å². The van der Waals surface area contributed by atoms with Gasteiger partial charge in [-0.1, -0.05) is 6.07 Å². The van der Waals surface area contributed by atoms with Crippen molar-refractivity contribution >= 4 is 11.3 Å². The molecule has 3 nitrogen and oxygen atoms in total. The molecule has 2 aromatic heterocycles. The Morgan fingerprint density at radius 2 is 2.25 bits per heavy atom. The van der Waals surface area contributed by atoms with E-state index in [9.17, 15) is 0 Å². The maximum Gasteiger partial charge on any atom is 0.142 e. The summed E-state index contributed by atoms with van der Waals surface area (Å²) >= 11 is 1.65. The van der Waals surface area contributed by atoms with Crippen molar-refractivity contribution in [3.63, 3.8) is 0 Å². The summed E-state index contributed by atoms with van der Waals surface area (Å²) in [6, 6.07) is 4.29. The molecule has 0 saturated heterocycles. The third kappa shape index (κ3) is 2.13. The summed E-state index contributed by atoms with van der Waals surface area (Å²) in [4.78, 5) is 8.98. The molecule has 0 radical (unpaired) electrons. The maximum atomic E-state index is 4.61. The third-order valence-corrected chi connectivity index (χ3v) is 3.48. The predicted octanol–water partition coefficient (Wildman–Crippen LogP) is 2.79. The number of aryl methyl sites for hydroxylation is 1. The number of hydrogen-bond acceptors (Lipinski definition) is 4. The van der Waals surface area contributed by atoms with Crippen LogP contribution in [0.25, 0.3) is 10.7 Å². The molecule has 0 aromatic carbocycles. The fourth-order valence-corrected chi connectivity index (χ4v) is 2.42. The number of pyridine rings is 1. The monoisotopic (exact) mass is 233 g/mol. The molecule has 0 aliphatic heterocycles. The molecule has 0 spiro atoms. The van der Waals surface area contributed by atoms with Crippen molar-refractivity contribution < 1.29 is 0 Å². The second-order valence-corrected chi connectivity index (χ2v) is 4.61. The molecule has 2 rings (SSSR count). The van der Waals surface area contributed by atoms with Gasteiger partial charge in [0.25, 0.3) is 0 Å². The predicted molar refractivity (Wildman–Crippen MR) is 67.6 cm³/mol. The van der Waals surface area contributed by atoms with Gasteiger partial charge in [0.15, 0.2) is 0 Å². The highest BCUT2D eigenvalue weighted by atomic mass is 32.1. The van der Waals surface area contributed by atoms with E-state index in [1.165, 1.54) is 5.56 Å². The van der Waals surface area contributed by atoms with Gasteiger partial charge in [0.2, 0.25) is 0 Å². The van der Waals surface area contributed by atoms with Crippen molar-refractivity contribution in [1.82, 2.24) is 15.3 Å². The fraction of sp³-hybridized carbons (Fsp3) is 0.333. The van der Waals surface area contributed by atoms with Crippen LogP contribution in [0.2, 0.25) is 0 Å². The lowest BCUT2D eigenvalue weighted by atomic mass is 10.2. The summed E-state index contributed by atoms with van der Waals surface area (Å²) in [5, 5.41) is 6.27. The lowest BCUT2D eigenvalue weighted by molar-refractivity contribution is 0.637. The van der Waals surface area contributed by atoms with Crippen molar-refractivity contribution in [2.45, 2.75) is 19.9 Å². The van der Waals surface area contributed by atoms with E-state index in [1.807, 2.05) is 19.3 Å². The number of thiazole rings is 1. The lowest BCUT2D eigenvalue weighted by Crippen LogP contribution is -2.12. The van der Waals surface area contributed by atoms with E-state index >= 15 is 0 Å². The first-order valence-corrected chi connectivity index (χ1v) is 6.15. The number of rotatable bonds is 3. The van der Waals surface area contributed by atoms with Crippen LogP contribution in [0.3, 0.4) is 0 Å². The first-order chi connectivity index (χ1) is 7.72. The number of nitrogens with one attached hydrogen (secondary N) is 1. The minimum absolute atomic E-state index is 0.286. The van der Waals surface area contributed by atoms with Crippen LogP contribution in [0.15, 0.2) is 23.7 Å². The van der Waals surface area contributed by atoms with Crippen molar-refractivity contribution in [2.75, 3.05) is 7.05 Å². The quantitative estimate of drug-likeness (QED) is 0.885. The second-order valence-electron chi connectivity index (χ2n) is 3.76. The standard InChI is InChI=1S/C12H15N3S/c1-8-5-4-6-14-11(8)12-15-10(7-16-12)9(2)13-3/h4-7,9,13H,1-3H3. The molecule has 0 saturated carbocycles. The molecule has 2 aromatic rings. The van der Waals surface area contributed by atoms with Crippen LogP contribution in [0.5, 0.6) is 0 Å². The molecule has 0 fully saturated rings. The Morgan fingerprint density at radius 1 is 1.44 bits per heavy atom. The molecular formula is C12H15N3S. The summed E-state index contributed by atoms with van der Waals surface area (Å²) in [6.07, 6.45) is 1.81. The molecular weight excluding hydrogens is 218 g/mol. The molecule has 0 aliphatic carbocycles. The highest BCUT2D eigenvalue weighted by molar-refractivity contribution is 7.13.